The molecule has 0 bridgehead atoms. The van der Waals surface area contributed by atoms with Gasteiger partial charge in [0.25, 0.3) is 0 Å². The molecule has 2 heterocycles. The first-order valence-corrected chi connectivity index (χ1v) is 10.00. The van der Waals surface area contributed by atoms with Crippen molar-refractivity contribution in [2.45, 2.75) is 37.6 Å². The Morgan fingerprint density at radius 3 is 2.82 bits per heavy atom. The molecule has 1 aromatic heterocycles. The standard InChI is InChI=1S/C22H28FN5/c1-16-6-3-4-7-18(16)22(10-11-22)15-26-21(24-2)27-17-9-13-28(14-17)20-19(23)8-5-12-25-20/h3-8,12,17H,9-11,13-15H2,1-2H3,(H2,24,26,27). The Balaban J connectivity index is 1.34. The van der Waals surface area contributed by atoms with E-state index in [1.807, 2.05) is 4.90 Å². The largest absolute Gasteiger partial charge is 0.356 e. The normalized spacial score (nSPS) is 20.9. The molecule has 148 valence electrons. The first-order chi connectivity index (χ1) is 13.6. The van der Waals surface area contributed by atoms with Crippen molar-refractivity contribution in [2.75, 3.05) is 31.6 Å². The number of hydrogen-bond donors (Lipinski definition) is 2. The SMILES string of the molecule is CN=C(NCC1(c2ccccc2C)CC1)NC1CCN(c2ncccc2F)C1. The highest BCUT2D eigenvalue weighted by atomic mass is 19.1. The highest BCUT2D eigenvalue weighted by molar-refractivity contribution is 5.80. The van der Waals surface area contributed by atoms with Crippen molar-refractivity contribution in [3.63, 3.8) is 0 Å². The number of nitrogens with one attached hydrogen (secondary N) is 2. The van der Waals surface area contributed by atoms with Gasteiger partial charge in [0.1, 0.15) is 0 Å². The lowest BCUT2D eigenvalue weighted by atomic mass is 9.92. The summed E-state index contributed by atoms with van der Waals surface area (Å²) in [5, 5.41) is 7.02. The zero-order chi connectivity index (χ0) is 19.6. The molecular weight excluding hydrogens is 353 g/mol. The molecule has 1 saturated carbocycles. The number of aryl methyl sites for hydroxylation is 1. The number of aromatic nitrogens is 1. The molecule has 5 nitrogen and oxygen atoms in total. The summed E-state index contributed by atoms with van der Waals surface area (Å²) in [6.45, 7) is 4.57. The van der Waals surface area contributed by atoms with Crippen LogP contribution in [-0.2, 0) is 5.41 Å². The average molecular weight is 381 g/mol. The van der Waals surface area contributed by atoms with Crippen molar-refractivity contribution in [2.24, 2.45) is 4.99 Å². The van der Waals surface area contributed by atoms with E-state index in [-0.39, 0.29) is 17.3 Å². The van der Waals surface area contributed by atoms with Gasteiger partial charge in [-0.05, 0) is 49.4 Å². The van der Waals surface area contributed by atoms with E-state index in [1.54, 1.807) is 19.3 Å². The van der Waals surface area contributed by atoms with Gasteiger partial charge in [0, 0.05) is 44.3 Å². The van der Waals surface area contributed by atoms with Gasteiger partial charge in [0.05, 0.1) is 0 Å². The Labute approximate surface area is 166 Å². The number of anilines is 1. The lowest BCUT2D eigenvalue weighted by molar-refractivity contribution is 0.605. The third-order valence-electron chi connectivity index (χ3n) is 5.96. The second-order valence-corrected chi connectivity index (χ2v) is 7.91. The monoisotopic (exact) mass is 381 g/mol. The van der Waals surface area contributed by atoms with Crippen LogP contribution in [0.25, 0.3) is 0 Å². The van der Waals surface area contributed by atoms with E-state index in [4.69, 9.17) is 0 Å². The topological polar surface area (TPSA) is 52.6 Å². The van der Waals surface area contributed by atoms with Crippen LogP contribution in [0.2, 0.25) is 0 Å². The molecule has 1 saturated heterocycles. The molecule has 1 aliphatic heterocycles. The second kappa shape index (κ2) is 7.78. The molecule has 1 atom stereocenters. The summed E-state index contributed by atoms with van der Waals surface area (Å²) in [5.41, 5.74) is 3.02. The zero-order valence-corrected chi connectivity index (χ0v) is 16.6. The van der Waals surface area contributed by atoms with Gasteiger partial charge < -0.3 is 15.5 Å². The Morgan fingerprint density at radius 2 is 2.11 bits per heavy atom. The smallest absolute Gasteiger partial charge is 0.191 e. The van der Waals surface area contributed by atoms with Crippen LogP contribution >= 0.6 is 0 Å². The number of pyridine rings is 1. The van der Waals surface area contributed by atoms with E-state index in [0.717, 1.165) is 32.0 Å². The van der Waals surface area contributed by atoms with Crippen molar-refractivity contribution in [3.8, 4) is 0 Å². The van der Waals surface area contributed by atoms with Crippen LogP contribution in [0.5, 0.6) is 0 Å². The summed E-state index contributed by atoms with van der Waals surface area (Å²) in [6, 6.07) is 12.0. The van der Waals surface area contributed by atoms with E-state index in [9.17, 15) is 4.39 Å². The van der Waals surface area contributed by atoms with Crippen LogP contribution in [0.1, 0.15) is 30.4 Å². The molecule has 2 fully saturated rings. The Hall–Kier alpha value is -2.63. The predicted molar refractivity (Wildman–Crippen MR) is 111 cm³/mol. The number of nitrogens with zero attached hydrogens (tertiary/aromatic N) is 3. The van der Waals surface area contributed by atoms with Crippen LogP contribution in [-0.4, -0.2) is 43.7 Å². The molecule has 0 radical (unpaired) electrons. The maximum Gasteiger partial charge on any atom is 0.191 e. The molecular formula is C22H28FN5. The Bertz CT molecular complexity index is 862. The molecule has 0 amide bonds. The molecule has 2 aromatic rings. The molecule has 0 spiro atoms. The lowest BCUT2D eigenvalue weighted by Crippen LogP contribution is -2.46. The van der Waals surface area contributed by atoms with Crippen LogP contribution in [0.3, 0.4) is 0 Å². The molecule has 1 unspecified atom stereocenters. The highest BCUT2D eigenvalue weighted by Gasteiger charge is 2.45. The minimum Gasteiger partial charge on any atom is -0.356 e. The van der Waals surface area contributed by atoms with Crippen LogP contribution in [0.15, 0.2) is 47.6 Å². The predicted octanol–water partition coefficient (Wildman–Crippen LogP) is 3.00. The van der Waals surface area contributed by atoms with E-state index < -0.39 is 0 Å². The summed E-state index contributed by atoms with van der Waals surface area (Å²) >= 11 is 0. The number of hydrogen-bond acceptors (Lipinski definition) is 3. The average Bonchev–Trinajstić information content (AvgIpc) is 3.35. The van der Waals surface area contributed by atoms with E-state index >= 15 is 0 Å². The van der Waals surface area contributed by atoms with Gasteiger partial charge in [-0.25, -0.2) is 9.37 Å². The maximum absolute atomic E-state index is 14.0. The third kappa shape index (κ3) is 3.81. The van der Waals surface area contributed by atoms with Gasteiger partial charge in [0.15, 0.2) is 17.6 Å². The first-order valence-electron chi connectivity index (χ1n) is 10.00. The summed E-state index contributed by atoms with van der Waals surface area (Å²) in [6.07, 6.45) is 4.98. The van der Waals surface area contributed by atoms with Gasteiger partial charge in [-0.2, -0.15) is 0 Å². The van der Waals surface area contributed by atoms with E-state index in [2.05, 4.69) is 51.8 Å². The van der Waals surface area contributed by atoms with Crippen molar-refractivity contribution >= 4 is 11.8 Å². The molecule has 28 heavy (non-hydrogen) atoms. The molecule has 4 rings (SSSR count). The minimum absolute atomic E-state index is 0.223. The molecule has 2 aliphatic rings. The summed E-state index contributed by atoms with van der Waals surface area (Å²) < 4.78 is 14.0. The van der Waals surface area contributed by atoms with Crippen molar-refractivity contribution in [1.29, 1.82) is 0 Å². The fourth-order valence-electron chi connectivity index (χ4n) is 4.18. The lowest BCUT2D eigenvalue weighted by Gasteiger charge is -2.23. The Morgan fingerprint density at radius 1 is 1.29 bits per heavy atom. The Kier molecular flexibility index (Phi) is 5.20. The second-order valence-electron chi connectivity index (χ2n) is 7.91. The maximum atomic E-state index is 14.0. The molecule has 2 N–H and O–H groups in total. The summed E-state index contributed by atoms with van der Waals surface area (Å²) in [5.74, 6) is 0.985. The number of halogens is 1. The fourth-order valence-corrected chi connectivity index (χ4v) is 4.18. The van der Waals surface area contributed by atoms with Crippen molar-refractivity contribution in [1.82, 2.24) is 15.6 Å². The summed E-state index contributed by atoms with van der Waals surface area (Å²) in [4.78, 5) is 10.6. The quantitative estimate of drug-likeness (QED) is 0.618. The third-order valence-corrected chi connectivity index (χ3v) is 5.96. The highest BCUT2D eigenvalue weighted by Crippen LogP contribution is 2.48. The van der Waals surface area contributed by atoms with Crippen molar-refractivity contribution < 1.29 is 4.39 Å². The molecule has 6 heteroatoms. The van der Waals surface area contributed by atoms with Gasteiger partial charge in [-0.15, -0.1) is 0 Å². The van der Waals surface area contributed by atoms with Gasteiger partial charge in [0.2, 0.25) is 0 Å². The van der Waals surface area contributed by atoms with Crippen LogP contribution in [0.4, 0.5) is 10.2 Å². The van der Waals surface area contributed by atoms with Gasteiger partial charge in [-0.3, -0.25) is 4.99 Å². The van der Waals surface area contributed by atoms with Crippen LogP contribution in [0, 0.1) is 12.7 Å². The van der Waals surface area contributed by atoms with E-state index in [1.165, 1.54) is 30.0 Å². The summed E-state index contributed by atoms with van der Waals surface area (Å²) in [7, 11) is 1.80. The minimum atomic E-state index is -0.264. The first kappa shape index (κ1) is 18.7. The number of aliphatic imine (C=N–C) groups is 1. The number of rotatable bonds is 5. The molecule has 1 aliphatic carbocycles. The number of benzene rings is 1. The fraction of sp³-hybridized carbons (Fsp3) is 0.455. The van der Waals surface area contributed by atoms with Gasteiger partial charge >= 0.3 is 0 Å². The van der Waals surface area contributed by atoms with Crippen molar-refractivity contribution in [3.05, 3.63) is 59.5 Å². The van der Waals surface area contributed by atoms with E-state index in [0.29, 0.717) is 5.82 Å². The molecule has 1 aromatic carbocycles. The van der Waals surface area contributed by atoms with Crippen LogP contribution < -0.4 is 15.5 Å². The zero-order valence-electron chi connectivity index (χ0n) is 16.6. The number of guanidine groups is 1. The van der Waals surface area contributed by atoms with Gasteiger partial charge in [-0.1, -0.05) is 24.3 Å².